The Hall–Kier alpha value is -0.900. The van der Waals surface area contributed by atoms with Crippen LogP contribution in [0.25, 0.3) is 0 Å². The Morgan fingerprint density at radius 1 is 1.21 bits per heavy atom. The molecule has 0 heterocycles. The zero-order chi connectivity index (χ0) is 13.7. The number of aliphatic hydroxyl groups is 1. The first-order valence-corrected chi connectivity index (χ1v) is 7.33. The fraction of sp³-hybridized carbons (Fsp3) is 0.625. The van der Waals surface area contributed by atoms with Gasteiger partial charge in [0.2, 0.25) is 0 Å². The van der Waals surface area contributed by atoms with Crippen LogP contribution in [0.1, 0.15) is 25.3 Å². The molecule has 0 amide bonds. The molecule has 1 atom stereocenters. The largest absolute Gasteiger partial charge is 0.390 e. The maximum absolute atomic E-state index is 10.2. The Kier molecular flexibility index (Phi) is 5.37. The SMILES string of the molecule is CCN(CC(O)CN(C)Cc1ccccc1)C1CC1. The molecule has 1 aromatic rings. The molecule has 1 unspecified atom stereocenters. The van der Waals surface area contributed by atoms with E-state index in [1.165, 1.54) is 18.4 Å². The highest BCUT2D eigenvalue weighted by molar-refractivity contribution is 5.14. The molecule has 3 nitrogen and oxygen atoms in total. The van der Waals surface area contributed by atoms with Crippen molar-refractivity contribution in [2.24, 2.45) is 0 Å². The summed E-state index contributed by atoms with van der Waals surface area (Å²) in [4.78, 5) is 4.60. The van der Waals surface area contributed by atoms with E-state index in [9.17, 15) is 5.11 Å². The van der Waals surface area contributed by atoms with Gasteiger partial charge in [-0.15, -0.1) is 0 Å². The van der Waals surface area contributed by atoms with Crippen LogP contribution >= 0.6 is 0 Å². The summed E-state index contributed by atoms with van der Waals surface area (Å²) in [5, 5.41) is 10.2. The zero-order valence-electron chi connectivity index (χ0n) is 12.1. The molecule has 3 heteroatoms. The van der Waals surface area contributed by atoms with Gasteiger partial charge in [0.05, 0.1) is 6.10 Å². The van der Waals surface area contributed by atoms with E-state index in [1.807, 2.05) is 6.07 Å². The van der Waals surface area contributed by atoms with Crippen LogP contribution in [-0.2, 0) is 6.54 Å². The molecule has 0 radical (unpaired) electrons. The van der Waals surface area contributed by atoms with Crippen molar-refractivity contribution in [3.05, 3.63) is 35.9 Å². The van der Waals surface area contributed by atoms with Crippen LogP contribution in [0.15, 0.2) is 30.3 Å². The first-order chi connectivity index (χ1) is 9.19. The van der Waals surface area contributed by atoms with Gasteiger partial charge >= 0.3 is 0 Å². The second kappa shape index (κ2) is 7.04. The van der Waals surface area contributed by atoms with Gasteiger partial charge in [0.1, 0.15) is 0 Å². The van der Waals surface area contributed by atoms with E-state index >= 15 is 0 Å². The summed E-state index contributed by atoms with van der Waals surface area (Å²) < 4.78 is 0. The lowest BCUT2D eigenvalue weighted by molar-refractivity contribution is 0.0788. The fourth-order valence-electron chi connectivity index (χ4n) is 2.62. The minimum atomic E-state index is -0.255. The van der Waals surface area contributed by atoms with Crippen molar-refractivity contribution in [3.63, 3.8) is 0 Å². The number of benzene rings is 1. The Labute approximate surface area is 116 Å². The second-order valence-electron chi connectivity index (χ2n) is 5.65. The van der Waals surface area contributed by atoms with Crippen LogP contribution in [0.5, 0.6) is 0 Å². The lowest BCUT2D eigenvalue weighted by Gasteiger charge is -2.26. The molecule has 0 aliphatic heterocycles. The number of hydrogen-bond donors (Lipinski definition) is 1. The first kappa shape index (κ1) is 14.5. The molecule has 1 aliphatic rings. The van der Waals surface area contributed by atoms with E-state index in [-0.39, 0.29) is 6.10 Å². The molecular weight excluding hydrogens is 236 g/mol. The highest BCUT2D eigenvalue weighted by Gasteiger charge is 2.29. The molecule has 1 aromatic carbocycles. The van der Waals surface area contributed by atoms with E-state index < -0.39 is 0 Å². The Bertz CT molecular complexity index is 364. The van der Waals surface area contributed by atoms with Gasteiger partial charge in [-0.05, 0) is 32.0 Å². The third-order valence-corrected chi connectivity index (χ3v) is 3.73. The van der Waals surface area contributed by atoms with Crippen LogP contribution in [0, 0.1) is 0 Å². The van der Waals surface area contributed by atoms with Gasteiger partial charge in [-0.1, -0.05) is 37.3 Å². The van der Waals surface area contributed by atoms with Crippen LogP contribution in [-0.4, -0.2) is 53.7 Å². The number of rotatable bonds is 8. The van der Waals surface area contributed by atoms with Crippen LogP contribution in [0.2, 0.25) is 0 Å². The standard InChI is InChI=1S/C16H26N2O/c1-3-18(15-9-10-15)13-16(19)12-17(2)11-14-7-5-4-6-8-14/h4-8,15-16,19H,3,9-13H2,1-2H3. The average Bonchev–Trinajstić information content (AvgIpc) is 3.21. The molecule has 1 saturated carbocycles. The molecular formula is C16H26N2O. The van der Waals surface area contributed by atoms with Gasteiger partial charge in [-0.2, -0.15) is 0 Å². The van der Waals surface area contributed by atoms with E-state index in [0.29, 0.717) is 0 Å². The van der Waals surface area contributed by atoms with Crippen molar-refractivity contribution in [1.82, 2.24) is 9.80 Å². The number of nitrogens with zero attached hydrogens (tertiary/aromatic N) is 2. The van der Waals surface area contributed by atoms with Crippen molar-refractivity contribution < 1.29 is 5.11 Å². The van der Waals surface area contributed by atoms with Crippen LogP contribution in [0.3, 0.4) is 0 Å². The molecule has 0 bridgehead atoms. The Balaban J connectivity index is 1.73. The maximum Gasteiger partial charge on any atom is 0.0793 e. The Morgan fingerprint density at radius 2 is 1.89 bits per heavy atom. The molecule has 0 spiro atoms. The van der Waals surface area contributed by atoms with Crippen LogP contribution < -0.4 is 0 Å². The van der Waals surface area contributed by atoms with Gasteiger partial charge in [0.15, 0.2) is 0 Å². The van der Waals surface area contributed by atoms with Crippen LogP contribution in [0.4, 0.5) is 0 Å². The summed E-state index contributed by atoms with van der Waals surface area (Å²) in [6.45, 7) is 5.66. The monoisotopic (exact) mass is 262 g/mol. The lowest BCUT2D eigenvalue weighted by Crippen LogP contribution is -2.39. The van der Waals surface area contributed by atoms with Gasteiger partial charge in [-0.3, -0.25) is 9.80 Å². The minimum Gasteiger partial charge on any atom is -0.390 e. The topological polar surface area (TPSA) is 26.7 Å². The first-order valence-electron chi connectivity index (χ1n) is 7.33. The molecule has 0 aromatic heterocycles. The van der Waals surface area contributed by atoms with Crippen molar-refractivity contribution in [1.29, 1.82) is 0 Å². The second-order valence-corrected chi connectivity index (χ2v) is 5.65. The molecule has 2 rings (SSSR count). The highest BCUT2D eigenvalue weighted by Crippen LogP contribution is 2.26. The minimum absolute atomic E-state index is 0.255. The van der Waals surface area contributed by atoms with E-state index in [1.54, 1.807) is 0 Å². The molecule has 106 valence electrons. The Morgan fingerprint density at radius 3 is 2.47 bits per heavy atom. The van der Waals surface area contributed by atoms with E-state index in [4.69, 9.17) is 0 Å². The summed E-state index contributed by atoms with van der Waals surface area (Å²) in [5.41, 5.74) is 1.30. The van der Waals surface area contributed by atoms with Crippen molar-refractivity contribution >= 4 is 0 Å². The summed E-state index contributed by atoms with van der Waals surface area (Å²) >= 11 is 0. The van der Waals surface area contributed by atoms with Crippen molar-refractivity contribution in [3.8, 4) is 0 Å². The summed E-state index contributed by atoms with van der Waals surface area (Å²) in [5.74, 6) is 0. The third-order valence-electron chi connectivity index (χ3n) is 3.73. The van der Waals surface area contributed by atoms with E-state index in [2.05, 4.69) is 48.0 Å². The summed E-state index contributed by atoms with van der Waals surface area (Å²) in [7, 11) is 2.07. The predicted octanol–water partition coefficient (Wildman–Crippen LogP) is 1.96. The summed E-state index contributed by atoms with van der Waals surface area (Å²) in [6, 6.07) is 11.2. The quantitative estimate of drug-likeness (QED) is 0.776. The number of likely N-dealkylation sites (N-methyl/N-ethyl adjacent to an activating group) is 2. The van der Waals surface area contributed by atoms with Crippen molar-refractivity contribution in [2.75, 3.05) is 26.7 Å². The highest BCUT2D eigenvalue weighted by atomic mass is 16.3. The number of hydrogen-bond acceptors (Lipinski definition) is 3. The molecule has 1 aliphatic carbocycles. The zero-order valence-corrected chi connectivity index (χ0v) is 12.1. The normalized spacial score (nSPS) is 17.1. The molecule has 0 saturated heterocycles. The van der Waals surface area contributed by atoms with Gasteiger partial charge in [0.25, 0.3) is 0 Å². The molecule has 19 heavy (non-hydrogen) atoms. The smallest absolute Gasteiger partial charge is 0.0793 e. The van der Waals surface area contributed by atoms with E-state index in [0.717, 1.165) is 32.2 Å². The maximum atomic E-state index is 10.2. The predicted molar refractivity (Wildman–Crippen MR) is 79.1 cm³/mol. The third kappa shape index (κ3) is 4.94. The van der Waals surface area contributed by atoms with Gasteiger partial charge in [-0.25, -0.2) is 0 Å². The molecule has 1 N–H and O–H groups in total. The number of aliphatic hydroxyl groups excluding tert-OH is 1. The molecule has 1 fully saturated rings. The fourth-order valence-corrected chi connectivity index (χ4v) is 2.62. The summed E-state index contributed by atoms with van der Waals surface area (Å²) in [6.07, 6.45) is 2.36. The van der Waals surface area contributed by atoms with Gasteiger partial charge < -0.3 is 5.11 Å². The van der Waals surface area contributed by atoms with Gasteiger partial charge in [0, 0.05) is 25.7 Å². The van der Waals surface area contributed by atoms with Crippen molar-refractivity contribution in [2.45, 2.75) is 38.5 Å². The lowest BCUT2D eigenvalue weighted by atomic mass is 10.2. The average molecular weight is 262 g/mol.